The Balaban J connectivity index is 2.10. The topological polar surface area (TPSA) is 90.0 Å². The van der Waals surface area contributed by atoms with Crippen molar-refractivity contribution in [3.8, 4) is 0 Å². The van der Waals surface area contributed by atoms with Gasteiger partial charge in [0.2, 0.25) is 10.0 Å². The van der Waals surface area contributed by atoms with E-state index >= 15 is 0 Å². The van der Waals surface area contributed by atoms with E-state index in [1.807, 2.05) is 6.92 Å². The largest absolute Gasteiger partial charge is 0.381 e. The highest BCUT2D eigenvalue weighted by Crippen LogP contribution is 2.27. The fraction of sp³-hybridized carbons (Fsp3) is 0.750. The minimum absolute atomic E-state index is 0.0471. The number of anilines is 1. The van der Waals surface area contributed by atoms with Gasteiger partial charge in [-0.1, -0.05) is 19.3 Å². The van der Waals surface area contributed by atoms with E-state index in [1.165, 1.54) is 30.1 Å². The number of nitrogens with zero attached hydrogens (tertiary/aromatic N) is 2. The molecule has 19 heavy (non-hydrogen) atoms. The van der Waals surface area contributed by atoms with Crippen LogP contribution in [0.2, 0.25) is 0 Å². The summed E-state index contributed by atoms with van der Waals surface area (Å²) in [5.41, 5.74) is 5.63. The predicted octanol–water partition coefficient (Wildman–Crippen LogP) is 1.25. The van der Waals surface area contributed by atoms with E-state index in [9.17, 15) is 8.42 Å². The summed E-state index contributed by atoms with van der Waals surface area (Å²) in [7, 11) is -1.92. The molecule has 1 aliphatic rings. The Hall–Kier alpha value is -1.08. The molecule has 1 heterocycles. The number of nitrogens with two attached hydrogens (primary N) is 1. The van der Waals surface area contributed by atoms with E-state index in [1.54, 1.807) is 7.05 Å². The molecule has 1 fully saturated rings. The summed E-state index contributed by atoms with van der Waals surface area (Å²) in [4.78, 5) is 0.0673. The van der Waals surface area contributed by atoms with E-state index in [0.717, 1.165) is 12.8 Å². The van der Waals surface area contributed by atoms with Crippen LogP contribution < -0.4 is 10.5 Å². The minimum atomic E-state index is -3.58. The second-order valence-electron chi connectivity index (χ2n) is 5.36. The second kappa shape index (κ2) is 5.50. The molecule has 108 valence electrons. The summed E-state index contributed by atoms with van der Waals surface area (Å²) in [6.45, 7) is 1.93. The van der Waals surface area contributed by atoms with Gasteiger partial charge in [0, 0.05) is 19.3 Å². The maximum absolute atomic E-state index is 12.3. The van der Waals surface area contributed by atoms with Gasteiger partial charge in [0.05, 0.1) is 0 Å². The third-order valence-corrected chi connectivity index (χ3v) is 5.39. The Labute approximate surface area is 114 Å². The molecule has 0 aromatic carbocycles. The molecule has 0 spiro atoms. The van der Waals surface area contributed by atoms with Crippen molar-refractivity contribution in [1.29, 1.82) is 0 Å². The number of hydrogen-bond donors (Lipinski definition) is 2. The first-order valence-corrected chi connectivity index (χ1v) is 8.20. The minimum Gasteiger partial charge on any atom is -0.381 e. The molecule has 0 bridgehead atoms. The van der Waals surface area contributed by atoms with Gasteiger partial charge < -0.3 is 5.73 Å². The molecule has 0 amide bonds. The number of nitrogens with one attached hydrogen (secondary N) is 1. The summed E-state index contributed by atoms with van der Waals surface area (Å²) >= 11 is 0. The van der Waals surface area contributed by atoms with Gasteiger partial charge in [0.15, 0.2) is 5.82 Å². The third-order valence-electron chi connectivity index (χ3n) is 3.81. The lowest BCUT2D eigenvalue weighted by atomic mass is 9.85. The number of aromatic nitrogens is 2. The first kappa shape index (κ1) is 14.3. The van der Waals surface area contributed by atoms with Gasteiger partial charge in [-0.3, -0.25) is 4.68 Å². The molecule has 1 aromatic rings. The Morgan fingerprint density at radius 2 is 2.05 bits per heavy atom. The van der Waals surface area contributed by atoms with Gasteiger partial charge in [-0.2, -0.15) is 5.10 Å². The van der Waals surface area contributed by atoms with Crippen molar-refractivity contribution >= 4 is 15.8 Å². The molecule has 0 saturated heterocycles. The van der Waals surface area contributed by atoms with Crippen molar-refractivity contribution in [2.24, 2.45) is 13.0 Å². The van der Waals surface area contributed by atoms with Gasteiger partial charge in [-0.05, 0) is 25.7 Å². The highest BCUT2D eigenvalue weighted by molar-refractivity contribution is 7.89. The fourth-order valence-corrected chi connectivity index (χ4v) is 4.15. The molecule has 1 aliphatic carbocycles. The first-order valence-electron chi connectivity index (χ1n) is 6.71. The van der Waals surface area contributed by atoms with Crippen LogP contribution in [0.1, 0.15) is 39.0 Å². The number of nitrogen functional groups attached to an aromatic ring is 1. The van der Waals surface area contributed by atoms with E-state index in [4.69, 9.17) is 5.73 Å². The van der Waals surface area contributed by atoms with Crippen molar-refractivity contribution in [3.63, 3.8) is 0 Å². The van der Waals surface area contributed by atoms with Gasteiger partial charge in [0.25, 0.3) is 0 Å². The summed E-state index contributed by atoms with van der Waals surface area (Å²) in [6.07, 6.45) is 7.24. The smallest absolute Gasteiger partial charge is 0.246 e. The molecule has 1 atom stereocenters. The molecule has 1 aromatic heterocycles. The molecule has 0 radical (unpaired) electrons. The van der Waals surface area contributed by atoms with Gasteiger partial charge in [-0.25, -0.2) is 13.1 Å². The maximum Gasteiger partial charge on any atom is 0.246 e. The quantitative estimate of drug-likeness (QED) is 0.871. The number of aryl methyl sites for hydroxylation is 1. The van der Waals surface area contributed by atoms with Crippen molar-refractivity contribution in [1.82, 2.24) is 14.5 Å². The molecule has 7 heteroatoms. The van der Waals surface area contributed by atoms with Crippen molar-refractivity contribution in [3.05, 3.63) is 6.20 Å². The highest BCUT2D eigenvalue weighted by Gasteiger charge is 2.27. The standard InChI is InChI=1S/C12H22N4O2S/c1-9(10-6-4-3-5-7-10)15-19(17,18)11-8-16(2)14-12(11)13/h8-10,15H,3-7H2,1-2H3,(H2,13,14). The summed E-state index contributed by atoms with van der Waals surface area (Å²) in [5.74, 6) is 0.465. The zero-order valence-electron chi connectivity index (χ0n) is 11.5. The zero-order valence-corrected chi connectivity index (χ0v) is 12.3. The van der Waals surface area contributed by atoms with E-state index in [2.05, 4.69) is 9.82 Å². The van der Waals surface area contributed by atoms with Crippen LogP contribution in [-0.2, 0) is 17.1 Å². The molecule has 3 N–H and O–H groups in total. The lowest BCUT2D eigenvalue weighted by Crippen LogP contribution is -2.38. The van der Waals surface area contributed by atoms with E-state index in [0.29, 0.717) is 5.92 Å². The van der Waals surface area contributed by atoms with Crippen LogP contribution in [0.5, 0.6) is 0 Å². The first-order chi connectivity index (χ1) is 8.90. The van der Waals surface area contributed by atoms with E-state index < -0.39 is 10.0 Å². The normalized spacial score (nSPS) is 19.5. The average molecular weight is 286 g/mol. The molecule has 1 unspecified atom stereocenters. The van der Waals surface area contributed by atoms with Crippen LogP contribution in [0, 0.1) is 5.92 Å². The molecule has 2 rings (SSSR count). The lowest BCUT2D eigenvalue weighted by molar-refractivity contribution is 0.303. The van der Waals surface area contributed by atoms with Crippen LogP contribution in [0.3, 0.4) is 0 Å². The van der Waals surface area contributed by atoms with Gasteiger partial charge in [-0.15, -0.1) is 0 Å². The van der Waals surface area contributed by atoms with Gasteiger partial charge >= 0.3 is 0 Å². The lowest BCUT2D eigenvalue weighted by Gasteiger charge is -2.27. The van der Waals surface area contributed by atoms with Crippen molar-refractivity contribution in [2.45, 2.75) is 50.0 Å². The summed E-state index contributed by atoms with van der Waals surface area (Å²) in [6, 6.07) is -0.0649. The Morgan fingerprint density at radius 1 is 1.42 bits per heavy atom. The van der Waals surface area contributed by atoms with Crippen molar-refractivity contribution < 1.29 is 8.42 Å². The maximum atomic E-state index is 12.3. The fourth-order valence-electron chi connectivity index (χ4n) is 2.73. The highest BCUT2D eigenvalue weighted by atomic mass is 32.2. The predicted molar refractivity (Wildman–Crippen MR) is 74.0 cm³/mol. The Bertz CT molecular complexity index is 532. The monoisotopic (exact) mass is 286 g/mol. The van der Waals surface area contributed by atoms with Crippen LogP contribution in [0.4, 0.5) is 5.82 Å². The summed E-state index contributed by atoms with van der Waals surface area (Å²) < 4.78 is 28.7. The number of rotatable bonds is 4. The zero-order chi connectivity index (χ0) is 14.0. The molecule has 6 nitrogen and oxygen atoms in total. The Morgan fingerprint density at radius 3 is 2.58 bits per heavy atom. The number of hydrogen-bond acceptors (Lipinski definition) is 4. The molecule has 0 aliphatic heterocycles. The van der Waals surface area contributed by atoms with E-state index in [-0.39, 0.29) is 16.8 Å². The number of sulfonamides is 1. The third kappa shape index (κ3) is 3.27. The Kier molecular flexibility index (Phi) is 4.15. The average Bonchev–Trinajstić information content (AvgIpc) is 2.70. The van der Waals surface area contributed by atoms with Crippen LogP contribution in [0.25, 0.3) is 0 Å². The molecular formula is C12H22N4O2S. The molecular weight excluding hydrogens is 264 g/mol. The summed E-state index contributed by atoms with van der Waals surface area (Å²) in [5, 5.41) is 3.87. The van der Waals surface area contributed by atoms with Crippen LogP contribution >= 0.6 is 0 Å². The molecule has 1 saturated carbocycles. The van der Waals surface area contributed by atoms with Gasteiger partial charge in [0.1, 0.15) is 4.90 Å². The SMILES string of the molecule is CC(NS(=O)(=O)c1cn(C)nc1N)C1CCCCC1. The van der Waals surface area contributed by atoms with Crippen molar-refractivity contribution in [2.75, 3.05) is 5.73 Å². The van der Waals surface area contributed by atoms with Crippen LogP contribution in [0.15, 0.2) is 11.1 Å². The van der Waals surface area contributed by atoms with Crippen LogP contribution in [-0.4, -0.2) is 24.2 Å². The second-order valence-corrected chi connectivity index (χ2v) is 7.04.